The average molecular weight is 429 g/mol. The number of oxazole rings is 1. The molecule has 164 valence electrons. The molecular formula is C26H28N4O2. The molecule has 2 fully saturated rings. The van der Waals surface area contributed by atoms with E-state index < -0.39 is 0 Å². The van der Waals surface area contributed by atoms with Crippen LogP contribution in [0.4, 0.5) is 6.01 Å². The number of guanidine groups is 1. The Morgan fingerprint density at radius 2 is 1.91 bits per heavy atom. The first-order valence-corrected chi connectivity index (χ1v) is 11.9. The van der Waals surface area contributed by atoms with Gasteiger partial charge in [-0.05, 0) is 43.2 Å². The summed E-state index contributed by atoms with van der Waals surface area (Å²) in [6.07, 6.45) is 12.6. The van der Waals surface area contributed by atoms with Crippen LogP contribution in [-0.2, 0) is 11.2 Å². The number of allylic oxidation sites excluding steroid dienone is 1. The van der Waals surface area contributed by atoms with Gasteiger partial charge in [-0.25, -0.2) is 9.98 Å². The van der Waals surface area contributed by atoms with Gasteiger partial charge in [-0.1, -0.05) is 55.7 Å². The number of aromatic nitrogens is 1. The zero-order chi connectivity index (χ0) is 21.5. The lowest BCUT2D eigenvalue weighted by Crippen LogP contribution is -2.52. The van der Waals surface area contributed by atoms with Crippen LogP contribution in [0.3, 0.4) is 0 Å². The van der Waals surface area contributed by atoms with Crippen molar-refractivity contribution in [3.8, 4) is 0 Å². The molecule has 1 spiro atoms. The minimum atomic E-state index is -0.372. The van der Waals surface area contributed by atoms with Crippen LogP contribution in [0.1, 0.15) is 74.3 Å². The Labute approximate surface area is 187 Å². The Kier molecular flexibility index (Phi) is 4.81. The SMILES string of the molecule is O=C1CC(c2ccccc2)CC2=NC(Nc3nc4c(o3)CCC=C4)=NC3(CCCCC3)C12. The molecule has 6 heteroatoms. The number of benzene rings is 1. The molecule has 2 unspecified atom stereocenters. The van der Waals surface area contributed by atoms with Gasteiger partial charge in [-0.3, -0.25) is 10.1 Å². The highest BCUT2D eigenvalue weighted by atomic mass is 16.4. The van der Waals surface area contributed by atoms with Gasteiger partial charge < -0.3 is 4.42 Å². The monoisotopic (exact) mass is 428 g/mol. The summed E-state index contributed by atoms with van der Waals surface area (Å²) in [5.41, 5.74) is 2.70. The Hall–Kier alpha value is -3.02. The van der Waals surface area contributed by atoms with E-state index in [1.165, 1.54) is 12.0 Å². The minimum absolute atomic E-state index is 0.179. The van der Waals surface area contributed by atoms with Crippen molar-refractivity contribution < 1.29 is 9.21 Å². The molecule has 3 aliphatic carbocycles. The standard InChI is InChI=1S/C26H28N4O2/c31-21-16-18(17-9-3-1-4-10-17)15-20-23(21)26(13-7-2-8-14-26)30-24(27-20)29-25-28-19-11-5-6-12-22(19)32-25/h1,3-5,9-11,18,23H,2,6-8,12-16H2,(H,28,29,30). The summed E-state index contributed by atoms with van der Waals surface area (Å²) < 4.78 is 5.94. The molecule has 0 saturated heterocycles. The summed E-state index contributed by atoms with van der Waals surface area (Å²) in [5.74, 6) is 1.74. The molecule has 2 atom stereocenters. The van der Waals surface area contributed by atoms with E-state index in [9.17, 15) is 4.79 Å². The molecule has 2 saturated carbocycles. The number of aryl methyl sites for hydroxylation is 1. The highest BCUT2D eigenvalue weighted by Gasteiger charge is 2.51. The maximum atomic E-state index is 13.5. The first-order chi connectivity index (χ1) is 15.7. The molecule has 32 heavy (non-hydrogen) atoms. The smallest absolute Gasteiger partial charge is 0.302 e. The predicted octanol–water partition coefficient (Wildman–Crippen LogP) is 5.32. The van der Waals surface area contributed by atoms with E-state index in [0.717, 1.165) is 62.1 Å². The van der Waals surface area contributed by atoms with Crippen molar-refractivity contribution in [1.29, 1.82) is 0 Å². The van der Waals surface area contributed by atoms with Crippen molar-refractivity contribution >= 4 is 29.5 Å². The number of hydrogen-bond acceptors (Lipinski definition) is 6. The quantitative estimate of drug-likeness (QED) is 0.702. The second kappa shape index (κ2) is 7.84. The average Bonchev–Trinajstić information content (AvgIpc) is 3.22. The van der Waals surface area contributed by atoms with E-state index in [1.807, 2.05) is 24.3 Å². The normalized spacial score (nSPS) is 26.2. The zero-order valence-electron chi connectivity index (χ0n) is 18.2. The number of rotatable bonds is 2. The molecule has 1 aromatic carbocycles. The Bertz CT molecular complexity index is 1120. The fourth-order valence-electron chi connectivity index (χ4n) is 5.96. The molecule has 2 aromatic rings. The molecule has 6 rings (SSSR count). The number of carbonyl (C=O) groups excluding carboxylic acids is 1. The Morgan fingerprint density at radius 3 is 2.72 bits per heavy atom. The number of nitrogens with zero attached hydrogens (tertiary/aromatic N) is 3. The van der Waals surface area contributed by atoms with Gasteiger partial charge in [0.25, 0.3) is 0 Å². The van der Waals surface area contributed by atoms with E-state index in [-0.39, 0.29) is 17.4 Å². The van der Waals surface area contributed by atoms with Gasteiger partial charge in [0, 0.05) is 18.6 Å². The summed E-state index contributed by atoms with van der Waals surface area (Å²) in [5, 5.41) is 3.25. The fraction of sp³-hybridized carbons (Fsp3) is 0.462. The molecule has 1 aliphatic heterocycles. The van der Waals surface area contributed by atoms with Crippen molar-refractivity contribution in [3.05, 3.63) is 53.4 Å². The second-order valence-corrected chi connectivity index (χ2v) is 9.51. The molecule has 6 nitrogen and oxygen atoms in total. The lowest BCUT2D eigenvalue weighted by atomic mass is 9.63. The van der Waals surface area contributed by atoms with Crippen molar-refractivity contribution in [3.63, 3.8) is 0 Å². The summed E-state index contributed by atoms with van der Waals surface area (Å²) >= 11 is 0. The van der Waals surface area contributed by atoms with Crippen molar-refractivity contribution in [2.45, 2.75) is 69.2 Å². The summed E-state index contributed by atoms with van der Waals surface area (Å²) in [7, 11) is 0. The number of aliphatic imine (C=N–C) groups is 2. The molecule has 0 amide bonds. The largest absolute Gasteiger partial charge is 0.428 e. The maximum Gasteiger partial charge on any atom is 0.302 e. The lowest BCUT2D eigenvalue weighted by Gasteiger charge is -2.45. The first kappa shape index (κ1) is 19.6. The second-order valence-electron chi connectivity index (χ2n) is 9.51. The third-order valence-electron chi connectivity index (χ3n) is 7.42. The third kappa shape index (κ3) is 3.42. The number of carbonyl (C=O) groups is 1. The Morgan fingerprint density at radius 1 is 1.06 bits per heavy atom. The van der Waals surface area contributed by atoms with Gasteiger partial charge in [0.2, 0.25) is 5.96 Å². The van der Waals surface area contributed by atoms with E-state index in [4.69, 9.17) is 14.4 Å². The van der Waals surface area contributed by atoms with Crippen LogP contribution in [-0.4, -0.2) is 28.0 Å². The van der Waals surface area contributed by atoms with Crippen molar-refractivity contribution in [2.24, 2.45) is 15.9 Å². The number of Topliss-reactive ketones (excluding diaryl/α,β-unsaturated/α-hetero) is 1. The van der Waals surface area contributed by atoms with Crippen LogP contribution in [0.5, 0.6) is 0 Å². The van der Waals surface area contributed by atoms with Gasteiger partial charge in [0.05, 0.1) is 11.5 Å². The number of ketones is 1. The molecule has 0 radical (unpaired) electrons. The number of anilines is 1. The summed E-state index contributed by atoms with van der Waals surface area (Å²) in [4.78, 5) is 28.0. The number of hydrogen-bond donors (Lipinski definition) is 1. The first-order valence-electron chi connectivity index (χ1n) is 11.9. The van der Waals surface area contributed by atoms with Crippen molar-refractivity contribution in [2.75, 3.05) is 5.32 Å². The molecule has 1 aromatic heterocycles. The van der Waals surface area contributed by atoms with Crippen LogP contribution in [0.2, 0.25) is 0 Å². The molecule has 0 bridgehead atoms. The van der Waals surface area contributed by atoms with Crippen molar-refractivity contribution in [1.82, 2.24) is 4.98 Å². The highest BCUT2D eigenvalue weighted by molar-refractivity contribution is 6.15. The molecule has 4 aliphatic rings. The minimum Gasteiger partial charge on any atom is -0.428 e. The number of nitrogens with one attached hydrogen (secondary N) is 1. The van der Waals surface area contributed by atoms with E-state index in [2.05, 4.69) is 28.5 Å². The van der Waals surface area contributed by atoms with Crippen LogP contribution in [0.25, 0.3) is 6.08 Å². The van der Waals surface area contributed by atoms with Crippen LogP contribution in [0, 0.1) is 5.92 Å². The lowest BCUT2D eigenvalue weighted by molar-refractivity contribution is -0.124. The van der Waals surface area contributed by atoms with Crippen LogP contribution < -0.4 is 5.32 Å². The van der Waals surface area contributed by atoms with Gasteiger partial charge >= 0.3 is 6.01 Å². The zero-order valence-corrected chi connectivity index (χ0v) is 18.2. The Balaban J connectivity index is 1.35. The van der Waals surface area contributed by atoms with E-state index >= 15 is 0 Å². The topological polar surface area (TPSA) is 79.9 Å². The predicted molar refractivity (Wildman–Crippen MR) is 125 cm³/mol. The van der Waals surface area contributed by atoms with E-state index in [1.54, 1.807) is 0 Å². The summed E-state index contributed by atoms with van der Waals surface area (Å²) in [6.45, 7) is 0. The molecule has 2 heterocycles. The van der Waals surface area contributed by atoms with E-state index in [0.29, 0.717) is 24.2 Å². The van der Waals surface area contributed by atoms with Crippen LogP contribution in [0.15, 0.2) is 50.8 Å². The van der Waals surface area contributed by atoms with Gasteiger partial charge in [0.15, 0.2) is 0 Å². The van der Waals surface area contributed by atoms with Gasteiger partial charge in [-0.2, -0.15) is 4.98 Å². The van der Waals surface area contributed by atoms with Crippen LogP contribution >= 0.6 is 0 Å². The van der Waals surface area contributed by atoms with Gasteiger partial charge in [-0.15, -0.1) is 0 Å². The molecule has 1 N–H and O–H groups in total. The van der Waals surface area contributed by atoms with Gasteiger partial charge in [0.1, 0.15) is 17.2 Å². The summed E-state index contributed by atoms with van der Waals surface area (Å²) in [6, 6.07) is 10.8. The fourth-order valence-corrected chi connectivity index (χ4v) is 5.96. The third-order valence-corrected chi connectivity index (χ3v) is 7.42. The number of fused-ring (bicyclic) bond motifs is 3. The maximum absolute atomic E-state index is 13.5. The highest BCUT2D eigenvalue weighted by Crippen LogP contribution is 2.46. The molecular weight excluding hydrogens is 400 g/mol.